The molecule has 0 saturated carbocycles. The molecule has 1 aromatic heterocycles. The summed E-state index contributed by atoms with van der Waals surface area (Å²) in [5.41, 5.74) is 7.40. The van der Waals surface area contributed by atoms with Crippen LogP contribution < -0.4 is 5.73 Å². The van der Waals surface area contributed by atoms with E-state index < -0.39 is 0 Å². The molecule has 0 radical (unpaired) electrons. The molecule has 0 aliphatic rings. The summed E-state index contributed by atoms with van der Waals surface area (Å²) in [6.45, 7) is 12.2. The van der Waals surface area contributed by atoms with Crippen LogP contribution in [0.15, 0.2) is 24.4 Å². The van der Waals surface area contributed by atoms with Crippen molar-refractivity contribution in [2.45, 2.75) is 65.6 Å². The third-order valence-corrected chi connectivity index (χ3v) is 3.83. The highest BCUT2D eigenvalue weighted by Gasteiger charge is 2.29. The summed E-state index contributed by atoms with van der Waals surface area (Å²) >= 11 is 0. The van der Waals surface area contributed by atoms with Gasteiger partial charge in [-0.1, -0.05) is 33.8 Å². The Labute approximate surface area is 124 Å². The second-order valence-electron chi connectivity index (χ2n) is 6.12. The quantitative estimate of drug-likeness (QED) is 0.789. The van der Waals surface area contributed by atoms with Gasteiger partial charge in [0.2, 0.25) is 0 Å². The van der Waals surface area contributed by atoms with Gasteiger partial charge in [-0.15, -0.1) is 0 Å². The Hall–Kier alpha value is -0.930. The first-order chi connectivity index (χ1) is 9.51. The smallest absolute Gasteiger partial charge is 0.0673 e. The van der Waals surface area contributed by atoms with E-state index >= 15 is 0 Å². The van der Waals surface area contributed by atoms with Crippen LogP contribution in [0.1, 0.15) is 59.2 Å². The van der Waals surface area contributed by atoms with E-state index in [4.69, 9.17) is 5.73 Å². The fourth-order valence-electron chi connectivity index (χ4n) is 2.96. The zero-order chi connectivity index (χ0) is 15.1. The van der Waals surface area contributed by atoms with E-state index in [1.165, 1.54) is 0 Å². The van der Waals surface area contributed by atoms with Crippen molar-refractivity contribution in [2.75, 3.05) is 6.54 Å². The molecule has 0 aromatic carbocycles. The van der Waals surface area contributed by atoms with E-state index in [1.807, 2.05) is 12.3 Å². The van der Waals surface area contributed by atoms with Gasteiger partial charge in [0.1, 0.15) is 0 Å². The van der Waals surface area contributed by atoms with Crippen LogP contribution in [0.25, 0.3) is 0 Å². The van der Waals surface area contributed by atoms with E-state index in [1.54, 1.807) is 0 Å². The highest BCUT2D eigenvalue weighted by Crippen LogP contribution is 2.27. The summed E-state index contributed by atoms with van der Waals surface area (Å²) in [5, 5.41) is 0. The van der Waals surface area contributed by atoms with Crippen molar-refractivity contribution in [2.24, 2.45) is 11.7 Å². The fourth-order valence-corrected chi connectivity index (χ4v) is 2.96. The molecule has 2 N–H and O–H groups in total. The lowest BCUT2D eigenvalue weighted by atomic mass is 9.98. The molecule has 0 amide bonds. The maximum atomic E-state index is 6.31. The zero-order valence-electron chi connectivity index (χ0n) is 13.7. The second-order valence-corrected chi connectivity index (χ2v) is 6.12. The van der Waals surface area contributed by atoms with E-state index in [0.29, 0.717) is 12.0 Å². The molecule has 1 heterocycles. The Morgan fingerprint density at radius 3 is 2.20 bits per heavy atom. The Bertz CT molecular complexity index is 358. The highest BCUT2D eigenvalue weighted by molar-refractivity contribution is 5.11. The van der Waals surface area contributed by atoms with Crippen LogP contribution in [0, 0.1) is 5.92 Å². The lowest BCUT2D eigenvalue weighted by molar-refractivity contribution is 0.0931. The summed E-state index contributed by atoms with van der Waals surface area (Å²) in [5.74, 6) is 0.626. The van der Waals surface area contributed by atoms with Crippen LogP contribution in [-0.4, -0.2) is 28.5 Å². The van der Waals surface area contributed by atoms with Crippen LogP contribution in [0.5, 0.6) is 0 Å². The van der Waals surface area contributed by atoms with Crippen LogP contribution in [-0.2, 0) is 0 Å². The maximum absolute atomic E-state index is 6.31. The average molecular weight is 277 g/mol. The number of rotatable bonds is 8. The van der Waals surface area contributed by atoms with Gasteiger partial charge in [-0.2, -0.15) is 0 Å². The SMILES string of the molecule is CCC(CC)N(CC(C)C)C(c1ccccn1)C(C)N. The van der Waals surface area contributed by atoms with Crippen molar-refractivity contribution in [1.29, 1.82) is 0 Å². The first-order valence-electron chi connectivity index (χ1n) is 7.93. The molecule has 0 bridgehead atoms. The van der Waals surface area contributed by atoms with Crippen molar-refractivity contribution in [3.05, 3.63) is 30.1 Å². The molecule has 3 heteroatoms. The average Bonchev–Trinajstić information content (AvgIpc) is 2.40. The molecule has 0 spiro atoms. The first-order valence-corrected chi connectivity index (χ1v) is 7.93. The lowest BCUT2D eigenvalue weighted by Crippen LogP contribution is -2.46. The maximum Gasteiger partial charge on any atom is 0.0673 e. The van der Waals surface area contributed by atoms with E-state index in [0.717, 1.165) is 25.1 Å². The van der Waals surface area contributed by atoms with Crippen LogP contribution in [0.4, 0.5) is 0 Å². The molecule has 114 valence electrons. The summed E-state index contributed by atoms with van der Waals surface area (Å²) < 4.78 is 0. The number of hydrogen-bond acceptors (Lipinski definition) is 3. The first kappa shape index (κ1) is 17.1. The summed E-state index contributed by atoms with van der Waals surface area (Å²) in [6.07, 6.45) is 4.17. The van der Waals surface area contributed by atoms with E-state index in [-0.39, 0.29) is 12.1 Å². The monoisotopic (exact) mass is 277 g/mol. The topological polar surface area (TPSA) is 42.2 Å². The van der Waals surface area contributed by atoms with Gasteiger partial charge in [-0.25, -0.2) is 0 Å². The molecule has 3 nitrogen and oxygen atoms in total. The number of aromatic nitrogens is 1. The molecule has 1 aromatic rings. The third kappa shape index (κ3) is 4.57. The molecule has 2 unspecified atom stereocenters. The number of hydrogen-bond donors (Lipinski definition) is 1. The van der Waals surface area contributed by atoms with Crippen molar-refractivity contribution < 1.29 is 0 Å². The third-order valence-electron chi connectivity index (χ3n) is 3.83. The Morgan fingerprint density at radius 2 is 1.80 bits per heavy atom. The molecule has 2 atom stereocenters. The molecule has 0 aliphatic carbocycles. The van der Waals surface area contributed by atoms with Gasteiger partial charge >= 0.3 is 0 Å². The van der Waals surface area contributed by atoms with Gasteiger partial charge in [-0.3, -0.25) is 9.88 Å². The van der Waals surface area contributed by atoms with E-state index in [9.17, 15) is 0 Å². The molecule has 0 aliphatic heterocycles. The fraction of sp³-hybridized carbons (Fsp3) is 0.706. The van der Waals surface area contributed by atoms with Crippen molar-refractivity contribution in [3.63, 3.8) is 0 Å². The predicted molar refractivity (Wildman–Crippen MR) is 86.5 cm³/mol. The predicted octanol–water partition coefficient (Wildman–Crippen LogP) is 3.62. The standard InChI is InChI=1S/C17H31N3/c1-6-15(7-2)20(12-13(3)4)17(14(5)18)16-10-8-9-11-19-16/h8-11,13-15,17H,6-7,12,18H2,1-5H3. The lowest BCUT2D eigenvalue weighted by Gasteiger charge is -2.40. The number of pyridine rings is 1. The summed E-state index contributed by atoms with van der Waals surface area (Å²) in [7, 11) is 0. The second kappa shape index (κ2) is 8.38. The minimum Gasteiger partial charge on any atom is -0.326 e. The van der Waals surface area contributed by atoms with Crippen LogP contribution in [0.3, 0.4) is 0 Å². The molecule has 1 rings (SSSR count). The number of nitrogens with two attached hydrogens (primary N) is 1. The van der Waals surface area contributed by atoms with Crippen molar-refractivity contribution in [3.8, 4) is 0 Å². The van der Waals surface area contributed by atoms with Crippen molar-refractivity contribution >= 4 is 0 Å². The van der Waals surface area contributed by atoms with Gasteiger partial charge in [-0.05, 0) is 37.8 Å². The van der Waals surface area contributed by atoms with Crippen LogP contribution in [0.2, 0.25) is 0 Å². The van der Waals surface area contributed by atoms with Gasteiger partial charge in [0.05, 0.1) is 11.7 Å². The van der Waals surface area contributed by atoms with Crippen LogP contribution >= 0.6 is 0 Å². The largest absolute Gasteiger partial charge is 0.326 e. The Kier molecular flexibility index (Phi) is 7.17. The van der Waals surface area contributed by atoms with Gasteiger partial charge in [0, 0.05) is 24.8 Å². The molecule has 0 saturated heterocycles. The highest BCUT2D eigenvalue weighted by atomic mass is 15.2. The number of nitrogens with zero attached hydrogens (tertiary/aromatic N) is 2. The Morgan fingerprint density at radius 1 is 1.15 bits per heavy atom. The van der Waals surface area contributed by atoms with E-state index in [2.05, 4.69) is 56.6 Å². The molecule has 20 heavy (non-hydrogen) atoms. The molecule has 0 fully saturated rings. The Balaban J connectivity index is 3.10. The minimum atomic E-state index is 0.0734. The van der Waals surface area contributed by atoms with Gasteiger partial charge in [0.15, 0.2) is 0 Å². The van der Waals surface area contributed by atoms with Gasteiger partial charge in [0.25, 0.3) is 0 Å². The van der Waals surface area contributed by atoms with Gasteiger partial charge < -0.3 is 5.73 Å². The van der Waals surface area contributed by atoms with Crippen molar-refractivity contribution in [1.82, 2.24) is 9.88 Å². The summed E-state index contributed by atoms with van der Waals surface area (Å²) in [6, 6.07) is 6.95. The minimum absolute atomic E-state index is 0.0734. The molecular formula is C17H31N3. The summed E-state index contributed by atoms with van der Waals surface area (Å²) in [4.78, 5) is 7.12. The molecular weight excluding hydrogens is 246 g/mol. The normalized spacial score (nSPS) is 15.1. The zero-order valence-corrected chi connectivity index (χ0v) is 13.7.